The smallest absolute Gasteiger partial charge is 0.234 e. The highest BCUT2D eigenvalue weighted by Gasteiger charge is 2.16. The topological polar surface area (TPSA) is 38.1 Å². The molecule has 100 valence electrons. The summed E-state index contributed by atoms with van der Waals surface area (Å²) in [6.07, 6.45) is 0. The predicted molar refractivity (Wildman–Crippen MR) is 80.1 cm³/mol. The standard InChI is InChI=1S/C17H16N2O/c1-12-7-6-8-14(11-12)16-13(2)17(20)18-19(16)15-9-4-3-5-10-15/h3-11H,1-2H3,(H,18,20). The average Bonchev–Trinajstić information content (AvgIpc) is 2.76. The normalized spacial score (nSPS) is 10.7. The Labute approximate surface area is 118 Å². The van der Waals surface area contributed by atoms with Crippen molar-refractivity contribution in [2.45, 2.75) is 13.8 Å². The van der Waals surface area contributed by atoms with Crippen LogP contribution in [0.4, 0.5) is 0 Å². The Morgan fingerprint density at radius 1 is 0.950 bits per heavy atom. The van der Waals surface area contributed by atoms with Crippen molar-refractivity contribution in [3.8, 4) is 22.8 Å². The molecule has 0 atom stereocenters. The molecule has 0 saturated heterocycles. The van der Waals surface area contributed by atoms with Crippen molar-refractivity contribution in [1.29, 1.82) is 0 Å². The lowest BCUT2D eigenvalue weighted by atomic mass is 10.1. The molecule has 3 rings (SSSR count). The Kier molecular flexibility index (Phi) is 3.03. The van der Waals surface area contributed by atoms with Gasteiger partial charge in [-0.05, 0) is 32.0 Å². The summed E-state index contributed by atoms with van der Waals surface area (Å²) in [7, 11) is 0. The molecule has 0 unspecified atom stereocenters. The molecule has 0 amide bonds. The zero-order valence-electron chi connectivity index (χ0n) is 11.5. The lowest BCUT2D eigenvalue weighted by molar-refractivity contribution is 0.444. The molecule has 1 heterocycles. The fourth-order valence-corrected chi connectivity index (χ4v) is 2.37. The zero-order valence-corrected chi connectivity index (χ0v) is 11.5. The number of hydrogen-bond donors (Lipinski definition) is 1. The Bertz CT molecular complexity index is 745. The molecule has 0 aliphatic carbocycles. The quantitative estimate of drug-likeness (QED) is 0.763. The first-order chi connectivity index (χ1) is 9.66. The number of hydrogen-bond acceptors (Lipinski definition) is 2. The van der Waals surface area contributed by atoms with Crippen LogP contribution in [0.15, 0.2) is 54.6 Å². The molecule has 1 N–H and O–H groups in total. The van der Waals surface area contributed by atoms with Crippen molar-refractivity contribution < 1.29 is 5.11 Å². The third-order valence-corrected chi connectivity index (χ3v) is 3.39. The zero-order chi connectivity index (χ0) is 14.1. The maximum atomic E-state index is 9.98. The molecule has 2 aromatic carbocycles. The van der Waals surface area contributed by atoms with Crippen LogP contribution in [0.3, 0.4) is 0 Å². The average molecular weight is 264 g/mol. The van der Waals surface area contributed by atoms with Gasteiger partial charge in [0.15, 0.2) is 0 Å². The van der Waals surface area contributed by atoms with Gasteiger partial charge in [-0.1, -0.05) is 42.0 Å². The summed E-state index contributed by atoms with van der Waals surface area (Å²) in [6, 6.07) is 18.1. The van der Waals surface area contributed by atoms with Gasteiger partial charge in [0.1, 0.15) is 0 Å². The van der Waals surface area contributed by atoms with Crippen LogP contribution in [0.1, 0.15) is 11.1 Å². The van der Waals surface area contributed by atoms with E-state index in [2.05, 4.69) is 24.2 Å². The molecule has 0 aliphatic heterocycles. The van der Waals surface area contributed by atoms with E-state index in [9.17, 15) is 5.11 Å². The molecule has 0 spiro atoms. The molecule has 20 heavy (non-hydrogen) atoms. The maximum Gasteiger partial charge on any atom is 0.234 e. The molecule has 0 fully saturated rings. The van der Waals surface area contributed by atoms with E-state index in [-0.39, 0.29) is 5.88 Å². The van der Waals surface area contributed by atoms with E-state index in [1.807, 2.05) is 49.4 Å². The second kappa shape index (κ2) is 4.85. The number of aromatic hydroxyl groups is 1. The highest BCUT2D eigenvalue weighted by Crippen LogP contribution is 2.31. The van der Waals surface area contributed by atoms with Crippen LogP contribution < -0.4 is 0 Å². The summed E-state index contributed by atoms with van der Waals surface area (Å²) in [4.78, 5) is 0. The predicted octanol–water partition coefficient (Wildman–Crippen LogP) is 3.86. The van der Waals surface area contributed by atoms with Crippen molar-refractivity contribution in [2.24, 2.45) is 0 Å². The lowest BCUT2D eigenvalue weighted by Gasteiger charge is -2.09. The summed E-state index contributed by atoms with van der Waals surface area (Å²) in [5, 5.41) is 14.2. The molecule has 3 nitrogen and oxygen atoms in total. The van der Waals surface area contributed by atoms with Gasteiger partial charge in [0.2, 0.25) is 5.88 Å². The molecule has 0 aliphatic rings. The lowest BCUT2D eigenvalue weighted by Crippen LogP contribution is -1.99. The minimum Gasteiger partial charge on any atom is -0.492 e. The van der Waals surface area contributed by atoms with Crippen molar-refractivity contribution in [3.05, 3.63) is 65.7 Å². The second-order valence-corrected chi connectivity index (χ2v) is 4.91. The van der Waals surface area contributed by atoms with Gasteiger partial charge in [-0.2, -0.15) is 0 Å². The summed E-state index contributed by atoms with van der Waals surface area (Å²) in [6.45, 7) is 3.95. The number of aromatic nitrogens is 2. The number of aryl methyl sites for hydroxylation is 1. The van der Waals surface area contributed by atoms with Gasteiger partial charge in [0, 0.05) is 11.1 Å². The number of rotatable bonds is 2. The van der Waals surface area contributed by atoms with Gasteiger partial charge in [-0.3, -0.25) is 0 Å². The van der Waals surface area contributed by atoms with Crippen LogP contribution in [-0.4, -0.2) is 14.9 Å². The van der Waals surface area contributed by atoms with Gasteiger partial charge in [0.25, 0.3) is 0 Å². The van der Waals surface area contributed by atoms with Crippen molar-refractivity contribution in [2.75, 3.05) is 0 Å². The Morgan fingerprint density at radius 3 is 2.40 bits per heavy atom. The number of para-hydroxylation sites is 1. The molecule has 0 saturated carbocycles. The highest BCUT2D eigenvalue weighted by molar-refractivity contribution is 5.68. The van der Waals surface area contributed by atoms with E-state index in [1.165, 1.54) is 5.56 Å². The summed E-state index contributed by atoms with van der Waals surface area (Å²) < 4.78 is 1.79. The van der Waals surface area contributed by atoms with E-state index in [1.54, 1.807) is 4.68 Å². The number of benzene rings is 2. The van der Waals surface area contributed by atoms with Crippen LogP contribution in [-0.2, 0) is 0 Å². The van der Waals surface area contributed by atoms with Crippen LogP contribution in [0, 0.1) is 13.8 Å². The first kappa shape index (κ1) is 12.5. The Balaban J connectivity index is 2.25. The molecular formula is C17H16N2O. The van der Waals surface area contributed by atoms with Crippen LogP contribution in [0.2, 0.25) is 0 Å². The summed E-state index contributed by atoms with van der Waals surface area (Å²) in [5.41, 5.74) is 4.89. The first-order valence-electron chi connectivity index (χ1n) is 6.58. The van der Waals surface area contributed by atoms with Crippen LogP contribution >= 0.6 is 0 Å². The largest absolute Gasteiger partial charge is 0.492 e. The van der Waals surface area contributed by atoms with E-state index in [4.69, 9.17) is 0 Å². The monoisotopic (exact) mass is 264 g/mol. The van der Waals surface area contributed by atoms with Crippen molar-refractivity contribution >= 4 is 0 Å². The van der Waals surface area contributed by atoms with E-state index < -0.39 is 0 Å². The minimum absolute atomic E-state index is 0.0744. The fraction of sp³-hybridized carbons (Fsp3) is 0.118. The van der Waals surface area contributed by atoms with Crippen molar-refractivity contribution in [3.63, 3.8) is 0 Å². The first-order valence-corrected chi connectivity index (χ1v) is 6.58. The molecule has 0 radical (unpaired) electrons. The van der Waals surface area contributed by atoms with Gasteiger partial charge in [-0.15, -0.1) is 5.10 Å². The summed E-state index contributed by atoms with van der Waals surface area (Å²) in [5.74, 6) is 0.0744. The molecule has 3 aromatic rings. The van der Waals surface area contributed by atoms with Gasteiger partial charge in [-0.25, -0.2) is 4.68 Å². The Hall–Kier alpha value is -2.55. The number of nitrogens with zero attached hydrogens (tertiary/aromatic N) is 2. The third-order valence-electron chi connectivity index (χ3n) is 3.39. The molecule has 0 bridgehead atoms. The highest BCUT2D eigenvalue weighted by atomic mass is 16.3. The maximum absolute atomic E-state index is 9.98. The molecule has 1 aromatic heterocycles. The van der Waals surface area contributed by atoms with E-state index in [0.717, 1.165) is 22.5 Å². The third kappa shape index (κ3) is 2.07. The van der Waals surface area contributed by atoms with E-state index in [0.29, 0.717) is 0 Å². The van der Waals surface area contributed by atoms with Gasteiger partial charge < -0.3 is 5.11 Å². The minimum atomic E-state index is 0.0744. The second-order valence-electron chi connectivity index (χ2n) is 4.91. The fourth-order valence-electron chi connectivity index (χ4n) is 2.37. The van der Waals surface area contributed by atoms with E-state index >= 15 is 0 Å². The Morgan fingerprint density at radius 2 is 1.70 bits per heavy atom. The summed E-state index contributed by atoms with van der Waals surface area (Å²) >= 11 is 0. The van der Waals surface area contributed by atoms with Crippen molar-refractivity contribution in [1.82, 2.24) is 9.78 Å². The SMILES string of the molecule is Cc1cccc(-c2c(C)c(O)nn2-c2ccccc2)c1. The molecular weight excluding hydrogens is 248 g/mol. The van der Waals surface area contributed by atoms with Gasteiger partial charge >= 0.3 is 0 Å². The van der Waals surface area contributed by atoms with Gasteiger partial charge in [0.05, 0.1) is 11.4 Å². The van der Waals surface area contributed by atoms with Crippen LogP contribution in [0.5, 0.6) is 5.88 Å². The molecule has 3 heteroatoms. The van der Waals surface area contributed by atoms with Crippen LogP contribution in [0.25, 0.3) is 16.9 Å².